The Morgan fingerprint density at radius 2 is 2.45 bits per heavy atom. The fourth-order valence-corrected chi connectivity index (χ4v) is 1.53. The molecule has 1 amide bonds. The summed E-state index contributed by atoms with van der Waals surface area (Å²) in [6.45, 7) is 2.95. The molecular weight excluding hydrogens is 142 g/mol. The van der Waals surface area contributed by atoms with Crippen molar-refractivity contribution in [1.82, 2.24) is 4.90 Å². The third-order valence-electron chi connectivity index (χ3n) is 2.13. The van der Waals surface area contributed by atoms with Gasteiger partial charge in [0.1, 0.15) is 0 Å². The minimum absolute atomic E-state index is 0.0995. The van der Waals surface area contributed by atoms with Gasteiger partial charge < -0.3 is 10.0 Å². The predicted octanol–water partition coefficient (Wildman–Crippen LogP) is 0.380. The average molecular weight is 157 g/mol. The van der Waals surface area contributed by atoms with E-state index in [1.165, 1.54) is 0 Å². The van der Waals surface area contributed by atoms with Crippen molar-refractivity contribution in [3.8, 4) is 0 Å². The van der Waals surface area contributed by atoms with E-state index in [1.807, 2.05) is 6.92 Å². The van der Waals surface area contributed by atoms with Gasteiger partial charge in [0, 0.05) is 13.0 Å². The molecule has 11 heavy (non-hydrogen) atoms. The van der Waals surface area contributed by atoms with E-state index in [-0.39, 0.29) is 18.6 Å². The first kappa shape index (κ1) is 8.53. The van der Waals surface area contributed by atoms with Gasteiger partial charge >= 0.3 is 0 Å². The topological polar surface area (TPSA) is 40.5 Å². The maximum Gasteiger partial charge on any atom is 0.222 e. The molecule has 1 heterocycles. The summed E-state index contributed by atoms with van der Waals surface area (Å²) in [6, 6.07) is 0.0995. The van der Waals surface area contributed by atoms with Gasteiger partial charge in [0.25, 0.3) is 0 Å². The van der Waals surface area contributed by atoms with Crippen LogP contribution in [0.15, 0.2) is 0 Å². The van der Waals surface area contributed by atoms with E-state index in [1.54, 1.807) is 4.90 Å². The molecule has 1 N–H and O–H groups in total. The summed E-state index contributed by atoms with van der Waals surface area (Å²) in [4.78, 5) is 12.9. The van der Waals surface area contributed by atoms with Crippen LogP contribution in [-0.4, -0.2) is 35.1 Å². The van der Waals surface area contributed by atoms with Gasteiger partial charge in [-0.15, -0.1) is 0 Å². The molecule has 0 spiro atoms. The number of carbonyl (C=O) groups excluding carboxylic acids is 1. The van der Waals surface area contributed by atoms with Crippen LogP contribution in [0.2, 0.25) is 0 Å². The average Bonchev–Trinajstić information content (AvgIpc) is 2.34. The van der Waals surface area contributed by atoms with Crippen LogP contribution in [0.3, 0.4) is 0 Å². The van der Waals surface area contributed by atoms with Gasteiger partial charge in [-0.2, -0.15) is 0 Å². The third-order valence-corrected chi connectivity index (χ3v) is 2.13. The highest BCUT2D eigenvalue weighted by molar-refractivity contribution is 5.78. The van der Waals surface area contributed by atoms with Crippen LogP contribution in [-0.2, 0) is 4.79 Å². The molecule has 0 aliphatic carbocycles. The Labute approximate surface area is 67.0 Å². The van der Waals surface area contributed by atoms with Gasteiger partial charge in [0.2, 0.25) is 5.91 Å². The maximum absolute atomic E-state index is 11.1. The second-order valence-corrected chi connectivity index (χ2v) is 2.96. The van der Waals surface area contributed by atoms with Crippen molar-refractivity contribution in [3.05, 3.63) is 0 Å². The molecule has 1 saturated heterocycles. The largest absolute Gasteiger partial charge is 0.394 e. The molecular formula is C8H15NO2. The Balaban J connectivity index is 2.49. The van der Waals surface area contributed by atoms with Crippen molar-refractivity contribution in [1.29, 1.82) is 0 Å². The van der Waals surface area contributed by atoms with Gasteiger partial charge in [0.05, 0.1) is 12.6 Å². The predicted molar refractivity (Wildman–Crippen MR) is 42.1 cm³/mol. The van der Waals surface area contributed by atoms with Gasteiger partial charge in [0.15, 0.2) is 0 Å². The first-order chi connectivity index (χ1) is 5.29. The molecule has 1 rings (SSSR count). The van der Waals surface area contributed by atoms with Crippen LogP contribution < -0.4 is 0 Å². The zero-order chi connectivity index (χ0) is 8.27. The third kappa shape index (κ3) is 1.71. The molecule has 0 unspecified atom stereocenters. The number of hydrogen-bond acceptors (Lipinski definition) is 2. The molecule has 1 atom stereocenters. The van der Waals surface area contributed by atoms with Crippen LogP contribution in [0.5, 0.6) is 0 Å². The van der Waals surface area contributed by atoms with Crippen molar-refractivity contribution in [2.45, 2.75) is 32.2 Å². The fourth-order valence-electron chi connectivity index (χ4n) is 1.53. The first-order valence-electron chi connectivity index (χ1n) is 4.20. The zero-order valence-corrected chi connectivity index (χ0v) is 6.92. The number of amides is 1. The summed E-state index contributed by atoms with van der Waals surface area (Å²) < 4.78 is 0. The van der Waals surface area contributed by atoms with Crippen LogP contribution >= 0.6 is 0 Å². The molecule has 0 aromatic carbocycles. The highest BCUT2D eigenvalue weighted by atomic mass is 16.3. The van der Waals surface area contributed by atoms with E-state index in [2.05, 4.69) is 0 Å². The summed E-state index contributed by atoms with van der Waals surface area (Å²) in [5.41, 5.74) is 0. The number of aliphatic hydroxyl groups excluding tert-OH is 1. The maximum atomic E-state index is 11.1. The minimum atomic E-state index is 0.0995. The lowest BCUT2D eigenvalue weighted by Gasteiger charge is -2.21. The van der Waals surface area contributed by atoms with E-state index < -0.39 is 0 Å². The van der Waals surface area contributed by atoms with Crippen molar-refractivity contribution in [2.24, 2.45) is 0 Å². The smallest absolute Gasteiger partial charge is 0.222 e. The summed E-state index contributed by atoms with van der Waals surface area (Å²) >= 11 is 0. The first-order valence-corrected chi connectivity index (χ1v) is 4.20. The van der Waals surface area contributed by atoms with Crippen LogP contribution in [0, 0.1) is 0 Å². The molecule has 1 aliphatic heterocycles. The lowest BCUT2D eigenvalue weighted by Crippen LogP contribution is -2.35. The van der Waals surface area contributed by atoms with Gasteiger partial charge in [-0.25, -0.2) is 0 Å². The van der Waals surface area contributed by atoms with Gasteiger partial charge in [-0.1, -0.05) is 6.92 Å². The molecule has 0 aromatic heterocycles. The highest BCUT2D eigenvalue weighted by Gasteiger charge is 2.28. The van der Waals surface area contributed by atoms with Crippen LogP contribution in [0.1, 0.15) is 26.2 Å². The summed E-state index contributed by atoms with van der Waals surface area (Å²) in [5, 5.41) is 8.89. The van der Waals surface area contributed by atoms with Crippen molar-refractivity contribution < 1.29 is 9.90 Å². The number of likely N-dealkylation sites (tertiary alicyclic amines) is 1. The molecule has 3 nitrogen and oxygen atoms in total. The monoisotopic (exact) mass is 157 g/mol. The Morgan fingerprint density at radius 1 is 1.73 bits per heavy atom. The van der Waals surface area contributed by atoms with Crippen molar-refractivity contribution in [3.63, 3.8) is 0 Å². The number of aliphatic hydroxyl groups is 1. The van der Waals surface area contributed by atoms with E-state index in [9.17, 15) is 4.79 Å². The van der Waals surface area contributed by atoms with E-state index in [0.717, 1.165) is 19.4 Å². The lowest BCUT2D eigenvalue weighted by atomic mass is 10.2. The molecule has 1 aliphatic rings. The Morgan fingerprint density at radius 3 is 3.00 bits per heavy atom. The van der Waals surface area contributed by atoms with E-state index in [0.29, 0.717) is 6.42 Å². The highest BCUT2D eigenvalue weighted by Crippen LogP contribution is 2.17. The lowest BCUT2D eigenvalue weighted by molar-refractivity contribution is -0.129. The van der Waals surface area contributed by atoms with Gasteiger partial charge in [-0.3, -0.25) is 4.79 Å². The molecule has 0 bridgehead atoms. The quantitative estimate of drug-likeness (QED) is 0.643. The molecule has 0 aromatic rings. The minimum Gasteiger partial charge on any atom is -0.394 e. The van der Waals surface area contributed by atoms with E-state index >= 15 is 0 Å². The number of carbonyl (C=O) groups is 1. The Kier molecular flexibility index (Phi) is 2.88. The van der Waals surface area contributed by atoms with Gasteiger partial charge in [-0.05, 0) is 12.8 Å². The second-order valence-electron chi connectivity index (χ2n) is 2.96. The molecule has 1 fully saturated rings. The normalized spacial score (nSPS) is 24.7. The Bertz CT molecular complexity index is 147. The summed E-state index contributed by atoms with van der Waals surface area (Å²) in [5.74, 6) is 0.200. The van der Waals surface area contributed by atoms with Crippen molar-refractivity contribution in [2.75, 3.05) is 13.2 Å². The summed E-state index contributed by atoms with van der Waals surface area (Å²) in [7, 11) is 0. The van der Waals surface area contributed by atoms with Crippen molar-refractivity contribution >= 4 is 5.91 Å². The van der Waals surface area contributed by atoms with E-state index in [4.69, 9.17) is 5.11 Å². The Hall–Kier alpha value is -0.570. The second kappa shape index (κ2) is 3.72. The SMILES string of the molecule is CCCN1C(=O)CC[C@@H]1CO. The molecule has 3 heteroatoms. The number of nitrogens with zero attached hydrogens (tertiary/aromatic N) is 1. The fraction of sp³-hybridized carbons (Fsp3) is 0.875. The van der Waals surface area contributed by atoms with Crippen LogP contribution in [0.4, 0.5) is 0 Å². The zero-order valence-electron chi connectivity index (χ0n) is 6.92. The van der Waals surface area contributed by atoms with Crippen LogP contribution in [0.25, 0.3) is 0 Å². The number of hydrogen-bond donors (Lipinski definition) is 1. The molecule has 0 saturated carbocycles. The summed E-state index contributed by atoms with van der Waals surface area (Å²) in [6.07, 6.45) is 2.42. The number of rotatable bonds is 3. The molecule has 64 valence electrons. The standard InChI is InChI=1S/C8H15NO2/c1-2-5-9-7(6-10)3-4-8(9)11/h7,10H,2-6H2,1H3/t7-/m1/s1. The molecule has 0 radical (unpaired) electrons.